The molecule has 3 rings (SSSR count). The summed E-state index contributed by atoms with van der Waals surface area (Å²) in [5.74, 6) is -0.874. The minimum Gasteiger partial charge on any atom is -0.497 e. The zero-order chi connectivity index (χ0) is 18.0. The Morgan fingerprint density at radius 1 is 1.36 bits per heavy atom. The number of rotatable bonds is 5. The summed E-state index contributed by atoms with van der Waals surface area (Å²) < 4.78 is 20.9. The van der Waals surface area contributed by atoms with E-state index in [-0.39, 0.29) is 6.54 Å². The smallest absolute Gasteiger partial charge is 0.328 e. The highest BCUT2D eigenvalue weighted by Crippen LogP contribution is 2.26. The quantitative estimate of drug-likeness (QED) is 0.699. The zero-order valence-electron chi connectivity index (χ0n) is 13.2. The largest absolute Gasteiger partial charge is 0.497 e. The van der Waals surface area contributed by atoms with E-state index in [2.05, 4.69) is 5.10 Å². The van der Waals surface area contributed by atoms with Gasteiger partial charge in [0.1, 0.15) is 11.6 Å². The van der Waals surface area contributed by atoms with Gasteiger partial charge in [-0.15, -0.1) is 0 Å². The van der Waals surface area contributed by atoms with E-state index in [4.69, 9.17) is 21.4 Å². The van der Waals surface area contributed by atoms with Gasteiger partial charge in [0.05, 0.1) is 24.9 Å². The van der Waals surface area contributed by atoms with Gasteiger partial charge in [-0.1, -0.05) is 17.7 Å². The molecule has 0 unspecified atom stereocenters. The Balaban J connectivity index is 2.10. The van der Waals surface area contributed by atoms with E-state index in [9.17, 15) is 9.18 Å². The molecule has 7 heteroatoms. The first-order chi connectivity index (χ1) is 12.0. The Labute approximate surface area is 147 Å². The molecule has 0 aliphatic carbocycles. The van der Waals surface area contributed by atoms with Crippen molar-refractivity contribution in [2.24, 2.45) is 0 Å². The second-order valence-corrected chi connectivity index (χ2v) is 5.77. The number of aromatic nitrogens is 2. The molecule has 0 aliphatic heterocycles. The number of aliphatic carboxylic acids is 1. The van der Waals surface area contributed by atoms with Crippen LogP contribution in [-0.4, -0.2) is 28.0 Å². The summed E-state index contributed by atoms with van der Waals surface area (Å²) in [4.78, 5) is 10.8. The van der Waals surface area contributed by atoms with Gasteiger partial charge in [0.15, 0.2) is 0 Å². The topological polar surface area (TPSA) is 64.3 Å². The van der Waals surface area contributed by atoms with Gasteiger partial charge >= 0.3 is 5.97 Å². The van der Waals surface area contributed by atoms with Crippen molar-refractivity contribution < 1.29 is 19.0 Å². The van der Waals surface area contributed by atoms with Crippen LogP contribution >= 0.6 is 11.6 Å². The first-order valence-corrected chi connectivity index (χ1v) is 7.75. The highest BCUT2D eigenvalue weighted by Gasteiger charge is 2.12. The maximum Gasteiger partial charge on any atom is 0.328 e. The van der Waals surface area contributed by atoms with Crippen LogP contribution in [0.25, 0.3) is 17.0 Å². The molecule has 0 saturated carbocycles. The lowest BCUT2D eigenvalue weighted by Crippen LogP contribution is -2.04. The zero-order valence-corrected chi connectivity index (χ0v) is 14.0. The number of hydrogen-bond acceptors (Lipinski definition) is 3. The fourth-order valence-corrected chi connectivity index (χ4v) is 2.67. The van der Waals surface area contributed by atoms with Crippen molar-refractivity contribution in [2.75, 3.05) is 7.11 Å². The number of fused-ring (bicyclic) bond motifs is 1. The molecule has 0 spiro atoms. The number of ether oxygens (including phenoxy) is 1. The summed E-state index contributed by atoms with van der Waals surface area (Å²) in [6.07, 6.45) is 2.42. The molecular weight excluding hydrogens is 347 g/mol. The highest BCUT2D eigenvalue weighted by molar-refractivity contribution is 6.30. The average molecular weight is 361 g/mol. The summed E-state index contributed by atoms with van der Waals surface area (Å²) in [5, 5.41) is 14.3. The van der Waals surface area contributed by atoms with Gasteiger partial charge in [0, 0.05) is 28.1 Å². The number of nitrogens with zero attached hydrogens (tertiary/aromatic N) is 2. The van der Waals surface area contributed by atoms with Crippen LogP contribution in [-0.2, 0) is 11.3 Å². The van der Waals surface area contributed by atoms with Crippen molar-refractivity contribution in [3.63, 3.8) is 0 Å². The van der Waals surface area contributed by atoms with Crippen LogP contribution in [0.15, 0.2) is 42.5 Å². The first-order valence-electron chi connectivity index (χ1n) is 7.37. The molecule has 25 heavy (non-hydrogen) atoms. The molecular formula is C18H14ClFN2O3. The van der Waals surface area contributed by atoms with Crippen LogP contribution in [0, 0.1) is 5.82 Å². The second-order valence-electron chi connectivity index (χ2n) is 5.33. The van der Waals surface area contributed by atoms with Crippen molar-refractivity contribution in [3.8, 4) is 5.75 Å². The van der Waals surface area contributed by atoms with Gasteiger partial charge in [-0.2, -0.15) is 5.10 Å². The SMILES string of the molecule is COc1ccc2c(/C=C/C(=O)O)nn(Cc3ccc(Cl)cc3F)c2c1. The van der Waals surface area contributed by atoms with Crippen molar-refractivity contribution in [1.29, 1.82) is 0 Å². The molecule has 5 nitrogen and oxygen atoms in total. The van der Waals surface area contributed by atoms with Gasteiger partial charge < -0.3 is 9.84 Å². The van der Waals surface area contributed by atoms with E-state index < -0.39 is 11.8 Å². The van der Waals surface area contributed by atoms with Crippen molar-refractivity contribution in [2.45, 2.75) is 6.54 Å². The van der Waals surface area contributed by atoms with E-state index in [1.807, 2.05) is 0 Å². The molecule has 0 fully saturated rings. The lowest BCUT2D eigenvalue weighted by Gasteiger charge is -2.06. The lowest BCUT2D eigenvalue weighted by molar-refractivity contribution is -0.131. The van der Waals surface area contributed by atoms with Crippen molar-refractivity contribution in [3.05, 3.63) is 64.6 Å². The Hall–Kier alpha value is -2.86. The molecule has 0 amide bonds. The standard InChI is InChI=1S/C18H14ClFN2O3/c1-25-13-4-5-14-16(6-7-18(23)24)21-22(17(14)9-13)10-11-2-3-12(19)8-15(11)20/h2-9H,10H2,1H3,(H,23,24)/b7-6+. The number of hydrogen-bond donors (Lipinski definition) is 1. The van der Waals surface area contributed by atoms with Crippen LogP contribution in [0.5, 0.6) is 5.75 Å². The molecule has 1 N–H and O–H groups in total. The van der Waals surface area contributed by atoms with E-state index in [1.165, 1.54) is 12.1 Å². The third-order valence-electron chi connectivity index (χ3n) is 3.71. The third-order valence-corrected chi connectivity index (χ3v) is 3.94. The normalized spacial score (nSPS) is 11.3. The maximum absolute atomic E-state index is 14.1. The third kappa shape index (κ3) is 3.64. The van der Waals surface area contributed by atoms with Crippen LogP contribution in [0.2, 0.25) is 5.02 Å². The van der Waals surface area contributed by atoms with E-state index in [0.29, 0.717) is 27.5 Å². The van der Waals surface area contributed by atoms with Crippen molar-refractivity contribution >= 4 is 34.5 Å². The number of methoxy groups -OCH3 is 1. The monoisotopic (exact) mass is 360 g/mol. The summed E-state index contributed by atoms with van der Waals surface area (Å²) in [6, 6.07) is 9.77. The molecule has 0 atom stereocenters. The van der Waals surface area contributed by atoms with E-state index in [0.717, 1.165) is 11.5 Å². The molecule has 0 aliphatic rings. The lowest BCUT2D eigenvalue weighted by atomic mass is 10.2. The highest BCUT2D eigenvalue weighted by atomic mass is 35.5. The molecule has 128 valence electrons. The van der Waals surface area contributed by atoms with Gasteiger partial charge in [-0.25, -0.2) is 9.18 Å². The van der Waals surface area contributed by atoms with E-state index in [1.54, 1.807) is 42.1 Å². The number of carbonyl (C=O) groups is 1. The first kappa shape index (κ1) is 17.0. The van der Waals surface area contributed by atoms with Gasteiger partial charge in [0.2, 0.25) is 0 Å². The Kier molecular flexibility index (Phi) is 4.72. The minimum absolute atomic E-state index is 0.174. The van der Waals surface area contributed by atoms with Crippen LogP contribution in [0.1, 0.15) is 11.3 Å². The molecule has 0 bridgehead atoms. The molecule has 2 aromatic carbocycles. The summed E-state index contributed by atoms with van der Waals surface area (Å²) in [5.41, 5.74) is 1.61. The van der Waals surface area contributed by atoms with Crippen molar-refractivity contribution in [1.82, 2.24) is 9.78 Å². The van der Waals surface area contributed by atoms with Gasteiger partial charge in [-0.3, -0.25) is 4.68 Å². The van der Waals surface area contributed by atoms with Crippen LogP contribution < -0.4 is 4.74 Å². The second kappa shape index (κ2) is 6.94. The van der Waals surface area contributed by atoms with Gasteiger partial charge in [-0.05, 0) is 30.3 Å². The number of carboxylic acid groups (broad SMARTS) is 1. The Bertz CT molecular complexity index is 982. The van der Waals surface area contributed by atoms with Crippen LogP contribution in [0.3, 0.4) is 0 Å². The molecule has 1 aromatic heterocycles. The summed E-state index contributed by atoms with van der Waals surface area (Å²) in [7, 11) is 1.55. The fraction of sp³-hybridized carbons (Fsp3) is 0.111. The predicted octanol–water partition coefficient (Wildman–Crippen LogP) is 3.98. The molecule has 1 heterocycles. The predicted molar refractivity (Wildman–Crippen MR) is 93.5 cm³/mol. The number of benzene rings is 2. The maximum atomic E-state index is 14.1. The van der Waals surface area contributed by atoms with E-state index >= 15 is 0 Å². The summed E-state index contributed by atoms with van der Waals surface area (Å²) >= 11 is 5.79. The number of carboxylic acids is 1. The van der Waals surface area contributed by atoms with Gasteiger partial charge in [0.25, 0.3) is 0 Å². The Morgan fingerprint density at radius 3 is 2.84 bits per heavy atom. The Morgan fingerprint density at radius 2 is 2.16 bits per heavy atom. The average Bonchev–Trinajstić information content (AvgIpc) is 2.92. The molecule has 0 radical (unpaired) electrons. The van der Waals surface area contributed by atoms with Crippen LogP contribution in [0.4, 0.5) is 4.39 Å². The fourth-order valence-electron chi connectivity index (χ4n) is 2.51. The summed E-state index contributed by atoms with van der Waals surface area (Å²) in [6.45, 7) is 0.174. The molecule has 0 saturated heterocycles. The minimum atomic E-state index is -1.07. The number of halogens is 2. The molecule has 3 aromatic rings.